The number of carbonyl (C=O) groups excluding carboxylic acids is 1. The van der Waals surface area contributed by atoms with E-state index in [1.165, 1.54) is 12.1 Å². The third-order valence-electron chi connectivity index (χ3n) is 2.74. The van der Waals surface area contributed by atoms with E-state index in [-0.39, 0.29) is 5.69 Å². The average Bonchev–Trinajstić information content (AvgIpc) is 2.47. The first-order valence-electron chi connectivity index (χ1n) is 5.89. The predicted octanol–water partition coefficient (Wildman–Crippen LogP) is 3.73. The van der Waals surface area contributed by atoms with Gasteiger partial charge in [0.15, 0.2) is 0 Å². The van der Waals surface area contributed by atoms with Gasteiger partial charge in [-0.05, 0) is 23.8 Å². The number of amides is 1. The molecule has 106 valence electrons. The van der Waals surface area contributed by atoms with E-state index in [0.29, 0.717) is 16.7 Å². The molecular formula is C15H9F3N2O. The van der Waals surface area contributed by atoms with Gasteiger partial charge in [0.05, 0.1) is 11.6 Å². The molecule has 0 aliphatic heterocycles. The second kappa shape index (κ2) is 5.67. The van der Waals surface area contributed by atoms with Crippen LogP contribution in [0.1, 0.15) is 5.56 Å². The number of halogens is 3. The minimum atomic E-state index is -4.96. The van der Waals surface area contributed by atoms with Crippen LogP contribution in [0.15, 0.2) is 48.5 Å². The molecule has 1 amide bonds. The first kappa shape index (κ1) is 14.6. The van der Waals surface area contributed by atoms with Crippen LogP contribution in [-0.4, -0.2) is 12.1 Å². The standard InChI is InChI=1S/C15H9F3N2O/c16-15(17,18)14(21)20-13-7-2-1-6-12(13)11-5-3-4-10(8-11)9-19/h1-8H,(H,20,21). The first-order valence-corrected chi connectivity index (χ1v) is 5.89. The van der Waals surface area contributed by atoms with Crippen molar-refractivity contribution in [2.45, 2.75) is 6.18 Å². The van der Waals surface area contributed by atoms with E-state index in [9.17, 15) is 18.0 Å². The highest BCUT2D eigenvalue weighted by Crippen LogP contribution is 2.29. The van der Waals surface area contributed by atoms with Crippen LogP contribution in [0.4, 0.5) is 18.9 Å². The maximum Gasteiger partial charge on any atom is 0.471 e. The van der Waals surface area contributed by atoms with E-state index >= 15 is 0 Å². The number of alkyl halides is 3. The van der Waals surface area contributed by atoms with Crippen molar-refractivity contribution < 1.29 is 18.0 Å². The number of hydrogen-bond acceptors (Lipinski definition) is 2. The molecular weight excluding hydrogens is 281 g/mol. The van der Waals surface area contributed by atoms with Crippen molar-refractivity contribution in [2.75, 3.05) is 5.32 Å². The van der Waals surface area contributed by atoms with E-state index < -0.39 is 12.1 Å². The lowest BCUT2D eigenvalue weighted by molar-refractivity contribution is -0.167. The summed E-state index contributed by atoms with van der Waals surface area (Å²) in [7, 11) is 0. The Kier molecular flexibility index (Phi) is 3.94. The van der Waals surface area contributed by atoms with Crippen molar-refractivity contribution in [2.24, 2.45) is 0 Å². The smallest absolute Gasteiger partial charge is 0.318 e. The van der Waals surface area contributed by atoms with Crippen molar-refractivity contribution in [1.82, 2.24) is 0 Å². The molecule has 2 aromatic carbocycles. The molecule has 3 nitrogen and oxygen atoms in total. The van der Waals surface area contributed by atoms with E-state index in [4.69, 9.17) is 5.26 Å². The van der Waals surface area contributed by atoms with Gasteiger partial charge in [0, 0.05) is 11.3 Å². The molecule has 0 spiro atoms. The fourth-order valence-corrected chi connectivity index (χ4v) is 1.79. The molecule has 2 rings (SSSR count). The number of benzene rings is 2. The zero-order valence-corrected chi connectivity index (χ0v) is 10.6. The van der Waals surface area contributed by atoms with Crippen molar-refractivity contribution in [1.29, 1.82) is 5.26 Å². The van der Waals surface area contributed by atoms with Crippen LogP contribution in [0.5, 0.6) is 0 Å². The second-order valence-electron chi connectivity index (χ2n) is 4.19. The van der Waals surface area contributed by atoms with E-state index in [1.54, 1.807) is 36.4 Å². The summed E-state index contributed by atoms with van der Waals surface area (Å²) < 4.78 is 37.0. The third kappa shape index (κ3) is 3.39. The highest BCUT2D eigenvalue weighted by atomic mass is 19.4. The number of rotatable bonds is 2. The SMILES string of the molecule is N#Cc1cccc(-c2ccccc2NC(=O)C(F)(F)F)c1. The van der Waals surface area contributed by atoms with Crippen LogP contribution < -0.4 is 5.32 Å². The molecule has 2 aromatic rings. The molecule has 0 bridgehead atoms. The summed E-state index contributed by atoms with van der Waals surface area (Å²) in [6, 6.07) is 14.5. The molecule has 0 saturated carbocycles. The van der Waals surface area contributed by atoms with Crippen LogP contribution in [0.25, 0.3) is 11.1 Å². The van der Waals surface area contributed by atoms with Gasteiger partial charge in [0.1, 0.15) is 0 Å². The molecule has 6 heteroatoms. The summed E-state index contributed by atoms with van der Waals surface area (Å²) in [6.45, 7) is 0. The molecule has 0 aliphatic rings. The summed E-state index contributed by atoms with van der Waals surface area (Å²) in [5.41, 5.74) is 1.37. The summed E-state index contributed by atoms with van der Waals surface area (Å²) >= 11 is 0. The van der Waals surface area contributed by atoms with E-state index in [0.717, 1.165) is 0 Å². The molecule has 0 fully saturated rings. The number of carbonyl (C=O) groups is 1. The van der Waals surface area contributed by atoms with Gasteiger partial charge in [-0.25, -0.2) is 0 Å². The number of para-hydroxylation sites is 1. The van der Waals surface area contributed by atoms with Gasteiger partial charge < -0.3 is 5.32 Å². The first-order chi connectivity index (χ1) is 9.91. The molecule has 0 saturated heterocycles. The van der Waals surface area contributed by atoms with Crippen molar-refractivity contribution in [3.05, 3.63) is 54.1 Å². The minimum absolute atomic E-state index is 0.0370. The molecule has 0 heterocycles. The summed E-state index contributed by atoms with van der Waals surface area (Å²) in [4.78, 5) is 11.1. The Bertz CT molecular complexity index is 717. The lowest BCUT2D eigenvalue weighted by Crippen LogP contribution is -2.30. The maximum absolute atomic E-state index is 12.3. The monoisotopic (exact) mass is 290 g/mol. The third-order valence-corrected chi connectivity index (χ3v) is 2.74. The Balaban J connectivity index is 2.42. The topological polar surface area (TPSA) is 52.9 Å². The molecule has 0 radical (unpaired) electrons. The number of nitrogens with zero attached hydrogens (tertiary/aromatic N) is 1. The average molecular weight is 290 g/mol. The molecule has 0 atom stereocenters. The number of anilines is 1. The van der Waals surface area contributed by atoms with Gasteiger partial charge in [0.2, 0.25) is 0 Å². The molecule has 21 heavy (non-hydrogen) atoms. The van der Waals surface area contributed by atoms with Crippen LogP contribution in [0.3, 0.4) is 0 Å². The van der Waals surface area contributed by atoms with Crippen LogP contribution in [0.2, 0.25) is 0 Å². The Morgan fingerprint density at radius 1 is 1.10 bits per heavy atom. The van der Waals surface area contributed by atoms with Crippen molar-refractivity contribution in [3.8, 4) is 17.2 Å². The van der Waals surface area contributed by atoms with Gasteiger partial charge in [-0.3, -0.25) is 4.79 Å². The lowest BCUT2D eigenvalue weighted by Gasteiger charge is -2.12. The molecule has 0 aliphatic carbocycles. The fraction of sp³-hybridized carbons (Fsp3) is 0.0667. The Hall–Kier alpha value is -2.81. The predicted molar refractivity (Wildman–Crippen MR) is 71.3 cm³/mol. The largest absolute Gasteiger partial charge is 0.471 e. The number of hydrogen-bond donors (Lipinski definition) is 1. The molecule has 1 N–H and O–H groups in total. The summed E-state index contributed by atoms with van der Waals surface area (Å²) in [6.07, 6.45) is -4.96. The van der Waals surface area contributed by atoms with E-state index in [2.05, 4.69) is 0 Å². The van der Waals surface area contributed by atoms with Crippen LogP contribution in [-0.2, 0) is 4.79 Å². The highest BCUT2D eigenvalue weighted by Gasteiger charge is 2.38. The Morgan fingerprint density at radius 2 is 1.81 bits per heavy atom. The van der Waals surface area contributed by atoms with Crippen molar-refractivity contribution in [3.63, 3.8) is 0 Å². The normalized spacial score (nSPS) is 10.8. The lowest BCUT2D eigenvalue weighted by atomic mass is 10.0. The number of nitrogens with one attached hydrogen (secondary N) is 1. The van der Waals surface area contributed by atoms with Crippen molar-refractivity contribution >= 4 is 11.6 Å². The molecule has 0 aromatic heterocycles. The molecule has 0 unspecified atom stereocenters. The summed E-state index contributed by atoms with van der Waals surface area (Å²) in [5, 5.41) is 10.7. The van der Waals surface area contributed by atoms with Gasteiger partial charge in [-0.15, -0.1) is 0 Å². The van der Waals surface area contributed by atoms with Gasteiger partial charge in [-0.1, -0.05) is 30.3 Å². The second-order valence-corrected chi connectivity index (χ2v) is 4.19. The van der Waals surface area contributed by atoms with Gasteiger partial charge >= 0.3 is 12.1 Å². The zero-order valence-electron chi connectivity index (χ0n) is 10.6. The Labute approximate surface area is 118 Å². The quantitative estimate of drug-likeness (QED) is 0.916. The zero-order chi connectivity index (χ0) is 15.5. The minimum Gasteiger partial charge on any atom is -0.318 e. The van der Waals surface area contributed by atoms with Gasteiger partial charge in [0.25, 0.3) is 0 Å². The van der Waals surface area contributed by atoms with Crippen LogP contribution >= 0.6 is 0 Å². The highest BCUT2D eigenvalue weighted by molar-refractivity contribution is 5.98. The van der Waals surface area contributed by atoms with E-state index in [1.807, 2.05) is 11.4 Å². The van der Waals surface area contributed by atoms with Gasteiger partial charge in [-0.2, -0.15) is 18.4 Å². The summed E-state index contributed by atoms with van der Waals surface area (Å²) in [5.74, 6) is -2.04. The van der Waals surface area contributed by atoms with Crippen LogP contribution in [0, 0.1) is 11.3 Å². The number of nitriles is 1. The Morgan fingerprint density at radius 3 is 2.48 bits per heavy atom. The fourth-order valence-electron chi connectivity index (χ4n) is 1.79. The maximum atomic E-state index is 12.3.